The molecule has 0 amide bonds. The van der Waals surface area contributed by atoms with E-state index in [1.807, 2.05) is 30.3 Å². The summed E-state index contributed by atoms with van der Waals surface area (Å²) in [5.41, 5.74) is 6.06. The van der Waals surface area contributed by atoms with Crippen LogP contribution < -0.4 is 5.01 Å². The second-order valence-corrected chi connectivity index (χ2v) is 8.75. The van der Waals surface area contributed by atoms with Crippen LogP contribution in [0.2, 0.25) is 10.0 Å². The summed E-state index contributed by atoms with van der Waals surface area (Å²) < 4.78 is 0. The van der Waals surface area contributed by atoms with E-state index in [0.717, 1.165) is 35.0 Å². The first-order valence-corrected chi connectivity index (χ1v) is 11.1. The molecule has 0 radical (unpaired) electrons. The third kappa shape index (κ3) is 3.78. The molecule has 0 bridgehead atoms. The molecule has 1 heterocycles. The maximum Gasteiger partial charge on any atom is 0.0859 e. The maximum atomic E-state index is 6.17. The fraction of sp³-hybridized carbons (Fsp3) is 0.192. The van der Waals surface area contributed by atoms with E-state index in [1.165, 1.54) is 22.4 Å². The molecule has 5 rings (SSSR count). The second kappa shape index (κ2) is 8.29. The molecule has 0 saturated heterocycles. The topological polar surface area (TPSA) is 15.6 Å². The monoisotopic (exact) mass is 432 g/mol. The van der Waals surface area contributed by atoms with Crippen molar-refractivity contribution in [2.24, 2.45) is 11.0 Å². The fourth-order valence-electron chi connectivity index (χ4n) is 4.55. The van der Waals surface area contributed by atoms with Gasteiger partial charge in [-0.05, 0) is 78.4 Å². The van der Waals surface area contributed by atoms with Crippen molar-refractivity contribution < 1.29 is 0 Å². The molecule has 0 aromatic heterocycles. The summed E-state index contributed by atoms with van der Waals surface area (Å²) in [6.45, 7) is 0. The molecule has 0 N–H and O–H groups in total. The van der Waals surface area contributed by atoms with Crippen molar-refractivity contribution in [2.45, 2.75) is 25.3 Å². The fourth-order valence-corrected chi connectivity index (χ4v) is 4.80. The Morgan fingerprint density at radius 1 is 0.833 bits per heavy atom. The highest BCUT2D eigenvalue weighted by Crippen LogP contribution is 2.46. The van der Waals surface area contributed by atoms with E-state index in [1.54, 1.807) is 0 Å². The van der Waals surface area contributed by atoms with Gasteiger partial charge in [-0.2, -0.15) is 5.10 Å². The highest BCUT2D eigenvalue weighted by molar-refractivity contribution is 6.30. The van der Waals surface area contributed by atoms with Crippen LogP contribution in [0.5, 0.6) is 0 Å². The Morgan fingerprint density at radius 3 is 2.20 bits per heavy atom. The van der Waals surface area contributed by atoms with Crippen molar-refractivity contribution in [3.8, 4) is 0 Å². The normalized spacial score (nSPS) is 22.1. The lowest BCUT2D eigenvalue weighted by molar-refractivity contribution is 0.488. The summed E-state index contributed by atoms with van der Waals surface area (Å²) in [7, 11) is 0. The highest BCUT2D eigenvalue weighted by atomic mass is 35.5. The molecule has 2 aliphatic rings. The Bertz CT molecular complexity index is 1090. The molecule has 150 valence electrons. The van der Waals surface area contributed by atoms with Crippen molar-refractivity contribution in [2.75, 3.05) is 5.01 Å². The lowest BCUT2D eigenvalue weighted by Gasteiger charge is -2.30. The predicted octanol–water partition coefficient (Wildman–Crippen LogP) is 7.79. The van der Waals surface area contributed by atoms with Crippen molar-refractivity contribution >= 4 is 40.7 Å². The van der Waals surface area contributed by atoms with E-state index in [0.29, 0.717) is 5.92 Å². The van der Waals surface area contributed by atoms with Gasteiger partial charge in [0.15, 0.2) is 0 Å². The third-order valence-corrected chi connectivity index (χ3v) is 6.45. The standard InChI is InChI=1S/C26H22Cl2N2/c27-21-13-9-18(10-14-21)17-20-5-4-8-24-25(20)29-30(23-6-2-1-3-7-23)26(24)19-11-15-22(28)16-12-19/h1-3,6-7,9-17,24,26H,4-5,8H2/b20-17-/t24-,26-/m0/s1. The number of hydrazone groups is 1. The average Bonchev–Trinajstić information content (AvgIpc) is 3.17. The Labute approximate surface area is 187 Å². The molecule has 3 aromatic carbocycles. The summed E-state index contributed by atoms with van der Waals surface area (Å²) in [6, 6.07) is 26.9. The van der Waals surface area contributed by atoms with Crippen LogP contribution in [0.4, 0.5) is 5.69 Å². The van der Waals surface area contributed by atoms with E-state index >= 15 is 0 Å². The summed E-state index contributed by atoms with van der Waals surface area (Å²) in [5, 5.41) is 8.90. The average molecular weight is 433 g/mol. The molecular formula is C26H22Cl2N2. The number of anilines is 1. The number of nitrogens with zero attached hydrogens (tertiary/aromatic N) is 2. The van der Waals surface area contributed by atoms with E-state index in [-0.39, 0.29) is 6.04 Å². The smallest absolute Gasteiger partial charge is 0.0859 e. The van der Waals surface area contributed by atoms with Crippen molar-refractivity contribution in [1.29, 1.82) is 0 Å². The first kappa shape index (κ1) is 19.4. The van der Waals surface area contributed by atoms with Gasteiger partial charge >= 0.3 is 0 Å². The first-order valence-electron chi connectivity index (χ1n) is 10.3. The molecule has 1 saturated carbocycles. The third-order valence-electron chi connectivity index (χ3n) is 5.94. The molecular weight excluding hydrogens is 411 g/mol. The Hall–Kier alpha value is -2.55. The molecule has 1 aliphatic carbocycles. The minimum Gasteiger partial charge on any atom is -0.257 e. The molecule has 1 fully saturated rings. The number of fused-ring (bicyclic) bond motifs is 1. The molecule has 30 heavy (non-hydrogen) atoms. The van der Waals surface area contributed by atoms with Crippen LogP contribution in [0.25, 0.3) is 6.08 Å². The number of halogens is 2. The lowest BCUT2D eigenvalue weighted by Crippen LogP contribution is -2.28. The molecule has 3 aromatic rings. The van der Waals surface area contributed by atoms with Gasteiger partial charge in [0.1, 0.15) is 0 Å². The Morgan fingerprint density at radius 2 is 1.50 bits per heavy atom. The second-order valence-electron chi connectivity index (χ2n) is 7.88. The van der Waals surface area contributed by atoms with Crippen LogP contribution in [0, 0.1) is 5.92 Å². The number of hydrogen-bond acceptors (Lipinski definition) is 2. The van der Waals surface area contributed by atoms with Gasteiger partial charge in [0.25, 0.3) is 0 Å². The van der Waals surface area contributed by atoms with Gasteiger partial charge in [0.2, 0.25) is 0 Å². The molecule has 1 aliphatic heterocycles. The summed E-state index contributed by atoms with van der Waals surface area (Å²) in [5.74, 6) is 0.360. The van der Waals surface area contributed by atoms with Crippen LogP contribution in [0.15, 0.2) is 89.5 Å². The van der Waals surface area contributed by atoms with Gasteiger partial charge in [-0.1, -0.05) is 65.7 Å². The number of allylic oxidation sites excluding steroid dienone is 1. The molecule has 2 atom stereocenters. The number of para-hydroxylation sites is 1. The number of benzene rings is 3. The van der Waals surface area contributed by atoms with Gasteiger partial charge in [0.05, 0.1) is 17.4 Å². The van der Waals surface area contributed by atoms with Crippen molar-refractivity contribution in [3.05, 3.63) is 106 Å². The predicted molar refractivity (Wildman–Crippen MR) is 127 cm³/mol. The number of rotatable bonds is 3. The molecule has 4 heteroatoms. The molecule has 0 spiro atoms. The zero-order chi connectivity index (χ0) is 20.5. The zero-order valence-electron chi connectivity index (χ0n) is 16.5. The molecule has 0 unspecified atom stereocenters. The SMILES string of the molecule is Clc1ccc(/C=C2/CCC[C@H]3C2=NN(c2ccccc2)[C@H]3c2ccc(Cl)cc2)cc1. The van der Waals surface area contributed by atoms with Gasteiger partial charge in [0, 0.05) is 16.0 Å². The van der Waals surface area contributed by atoms with Crippen LogP contribution in [-0.2, 0) is 0 Å². The van der Waals surface area contributed by atoms with E-state index in [9.17, 15) is 0 Å². The van der Waals surface area contributed by atoms with Gasteiger partial charge in [-0.3, -0.25) is 5.01 Å². The van der Waals surface area contributed by atoms with E-state index in [4.69, 9.17) is 28.3 Å². The van der Waals surface area contributed by atoms with Crippen LogP contribution in [-0.4, -0.2) is 5.71 Å². The summed E-state index contributed by atoms with van der Waals surface area (Å²) in [6.07, 6.45) is 5.62. The zero-order valence-corrected chi connectivity index (χ0v) is 18.0. The quantitative estimate of drug-likeness (QED) is 0.412. The number of hydrogen-bond donors (Lipinski definition) is 0. The maximum absolute atomic E-state index is 6.17. The van der Waals surface area contributed by atoms with Crippen molar-refractivity contribution in [1.82, 2.24) is 0 Å². The Kier molecular flexibility index (Phi) is 5.37. The van der Waals surface area contributed by atoms with Crippen LogP contribution in [0.3, 0.4) is 0 Å². The van der Waals surface area contributed by atoms with Crippen molar-refractivity contribution in [3.63, 3.8) is 0 Å². The molecule has 2 nitrogen and oxygen atoms in total. The minimum absolute atomic E-state index is 0.175. The van der Waals surface area contributed by atoms with E-state index in [2.05, 4.69) is 59.6 Å². The lowest BCUT2D eigenvalue weighted by atomic mass is 9.77. The summed E-state index contributed by atoms with van der Waals surface area (Å²) in [4.78, 5) is 0. The minimum atomic E-state index is 0.175. The van der Waals surface area contributed by atoms with Gasteiger partial charge in [-0.25, -0.2) is 0 Å². The van der Waals surface area contributed by atoms with E-state index < -0.39 is 0 Å². The van der Waals surface area contributed by atoms with Crippen LogP contribution >= 0.6 is 23.2 Å². The van der Waals surface area contributed by atoms with Gasteiger partial charge in [-0.15, -0.1) is 0 Å². The first-order chi connectivity index (χ1) is 14.7. The summed E-state index contributed by atoms with van der Waals surface area (Å²) >= 11 is 12.2. The van der Waals surface area contributed by atoms with Gasteiger partial charge < -0.3 is 0 Å². The Balaban J connectivity index is 1.58. The largest absolute Gasteiger partial charge is 0.257 e. The van der Waals surface area contributed by atoms with Crippen LogP contribution in [0.1, 0.15) is 36.4 Å². The highest BCUT2D eigenvalue weighted by Gasteiger charge is 2.41.